The summed E-state index contributed by atoms with van der Waals surface area (Å²) in [5, 5.41) is 0.762. The van der Waals surface area contributed by atoms with Crippen molar-refractivity contribution in [3.8, 4) is 11.5 Å². The molecule has 1 aromatic heterocycles. The number of morpholine rings is 1. The van der Waals surface area contributed by atoms with E-state index in [0.29, 0.717) is 58.4 Å². The molecular weight excluding hydrogens is 472 g/mol. The van der Waals surface area contributed by atoms with Gasteiger partial charge in [-0.3, -0.25) is 14.5 Å². The first-order valence-electron chi connectivity index (χ1n) is 11.6. The first kappa shape index (κ1) is 23.7. The minimum absolute atomic E-state index is 0.0612. The molecule has 8 nitrogen and oxygen atoms in total. The number of benzene rings is 2. The van der Waals surface area contributed by atoms with Gasteiger partial charge in [0.2, 0.25) is 5.76 Å². The van der Waals surface area contributed by atoms with Crippen molar-refractivity contribution in [3.63, 3.8) is 0 Å². The fourth-order valence-corrected chi connectivity index (χ4v) is 5.06. The Kier molecular flexibility index (Phi) is 6.69. The first-order valence-corrected chi connectivity index (χ1v) is 12.0. The van der Waals surface area contributed by atoms with Gasteiger partial charge in [0.25, 0.3) is 5.91 Å². The standard InChI is InChI=1S/C26H27ClN2O6/c1-32-17-5-7-20(33-2)18(15-17)23-22-24(30)19-14-16(27)4-6-21(19)35-25(22)26(31)29(23)9-3-8-28-10-12-34-13-11-28/h4-7,14-15,23H,3,8-13H2,1-2H3/t23-/m1/s1. The van der Waals surface area contributed by atoms with Crippen LogP contribution in [0.4, 0.5) is 0 Å². The zero-order valence-corrected chi connectivity index (χ0v) is 20.5. The van der Waals surface area contributed by atoms with Gasteiger partial charge >= 0.3 is 0 Å². The fourth-order valence-electron chi connectivity index (χ4n) is 4.89. The molecule has 3 heterocycles. The number of carbonyl (C=O) groups is 1. The highest BCUT2D eigenvalue weighted by Gasteiger charge is 2.43. The van der Waals surface area contributed by atoms with E-state index in [1.165, 1.54) is 0 Å². The quantitative estimate of drug-likeness (QED) is 0.491. The predicted octanol–water partition coefficient (Wildman–Crippen LogP) is 3.73. The van der Waals surface area contributed by atoms with Crippen LogP contribution in [0.5, 0.6) is 11.5 Å². The molecular formula is C26H27ClN2O6. The van der Waals surface area contributed by atoms with Crippen molar-refractivity contribution in [2.75, 3.05) is 53.6 Å². The normalized spacial score (nSPS) is 18.2. The molecule has 184 valence electrons. The molecule has 1 saturated heterocycles. The van der Waals surface area contributed by atoms with Gasteiger partial charge in [-0.05, 0) is 42.8 Å². The molecule has 0 N–H and O–H groups in total. The van der Waals surface area contributed by atoms with Gasteiger partial charge in [0.15, 0.2) is 5.43 Å². The highest BCUT2D eigenvalue weighted by molar-refractivity contribution is 6.31. The van der Waals surface area contributed by atoms with E-state index >= 15 is 0 Å². The van der Waals surface area contributed by atoms with Gasteiger partial charge in [-0.25, -0.2) is 0 Å². The lowest BCUT2D eigenvalue weighted by Gasteiger charge is -2.29. The van der Waals surface area contributed by atoms with Crippen molar-refractivity contribution in [3.05, 3.63) is 68.5 Å². The molecule has 1 atom stereocenters. The molecule has 1 amide bonds. The van der Waals surface area contributed by atoms with Crippen molar-refractivity contribution in [2.24, 2.45) is 0 Å². The van der Waals surface area contributed by atoms with E-state index in [0.717, 1.165) is 26.1 Å². The summed E-state index contributed by atoms with van der Waals surface area (Å²) in [6, 6.07) is 9.53. The summed E-state index contributed by atoms with van der Waals surface area (Å²) >= 11 is 6.17. The number of nitrogens with zero attached hydrogens (tertiary/aromatic N) is 2. The van der Waals surface area contributed by atoms with E-state index in [2.05, 4.69) is 4.90 Å². The molecule has 2 aromatic carbocycles. The average Bonchev–Trinajstić information content (AvgIpc) is 3.16. The number of halogens is 1. The number of carbonyl (C=O) groups excluding carboxylic acids is 1. The van der Waals surface area contributed by atoms with Crippen molar-refractivity contribution in [1.82, 2.24) is 9.80 Å². The van der Waals surface area contributed by atoms with E-state index in [9.17, 15) is 9.59 Å². The lowest BCUT2D eigenvalue weighted by atomic mass is 9.97. The lowest BCUT2D eigenvalue weighted by Crippen LogP contribution is -2.39. The van der Waals surface area contributed by atoms with Crippen LogP contribution < -0.4 is 14.9 Å². The molecule has 0 saturated carbocycles. The molecule has 35 heavy (non-hydrogen) atoms. The largest absolute Gasteiger partial charge is 0.497 e. The van der Waals surface area contributed by atoms with Crippen LogP contribution in [0, 0.1) is 0 Å². The van der Waals surface area contributed by atoms with Crippen LogP contribution in [0.1, 0.15) is 34.1 Å². The molecule has 0 spiro atoms. The third-order valence-electron chi connectivity index (χ3n) is 6.64. The number of hydrogen-bond acceptors (Lipinski definition) is 7. The molecule has 1 fully saturated rings. The summed E-state index contributed by atoms with van der Waals surface area (Å²) < 4.78 is 22.5. The SMILES string of the molecule is COc1ccc(OC)c([C@@H]2c3c(oc4ccc(Cl)cc4c3=O)C(=O)N2CCCN2CCOCC2)c1. The average molecular weight is 499 g/mol. The number of rotatable bonds is 7. The molecule has 0 bridgehead atoms. The van der Waals surface area contributed by atoms with Crippen LogP contribution in [0.2, 0.25) is 5.02 Å². The van der Waals surface area contributed by atoms with E-state index < -0.39 is 6.04 Å². The molecule has 0 unspecified atom stereocenters. The number of fused-ring (bicyclic) bond motifs is 2. The number of amides is 1. The maximum atomic E-state index is 13.7. The van der Waals surface area contributed by atoms with E-state index in [4.69, 9.17) is 30.2 Å². The Morgan fingerprint density at radius 3 is 2.57 bits per heavy atom. The monoisotopic (exact) mass is 498 g/mol. The summed E-state index contributed by atoms with van der Waals surface area (Å²) in [7, 11) is 3.14. The van der Waals surface area contributed by atoms with Crippen molar-refractivity contribution >= 4 is 28.5 Å². The van der Waals surface area contributed by atoms with Crippen LogP contribution in [0.15, 0.2) is 45.6 Å². The maximum absolute atomic E-state index is 13.7. The molecule has 9 heteroatoms. The summed E-state index contributed by atoms with van der Waals surface area (Å²) in [6.45, 7) is 4.43. The topological polar surface area (TPSA) is 81.5 Å². The Morgan fingerprint density at radius 1 is 1.03 bits per heavy atom. The maximum Gasteiger partial charge on any atom is 0.290 e. The van der Waals surface area contributed by atoms with Crippen LogP contribution in [0.25, 0.3) is 11.0 Å². The van der Waals surface area contributed by atoms with Crippen LogP contribution in [-0.2, 0) is 4.74 Å². The van der Waals surface area contributed by atoms with Crippen LogP contribution >= 0.6 is 11.6 Å². The third-order valence-corrected chi connectivity index (χ3v) is 6.87. The smallest absolute Gasteiger partial charge is 0.290 e. The van der Waals surface area contributed by atoms with Gasteiger partial charge in [0, 0.05) is 36.8 Å². The Morgan fingerprint density at radius 2 is 1.83 bits per heavy atom. The zero-order valence-electron chi connectivity index (χ0n) is 19.7. The summed E-state index contributed by atoms with van der Waals surface area (Å²) in [5.41, 5.74) is 1.02. The Labute approximate surface area is 207 Å². The number of ether oxygens (including phenoxy) is 3. The van der Waals surface area contributed by atoms with Crippen molar-refractivity contribution in [2.45, 2.75) is 12.5 Å². The van der Waals surface area contributed by atoms with Crippen LogP contribution in [0.3, 0.4) is 0 Å². The highest BCUT2D eigenvalue weighted by atomic mass is 35.5. The van der Waals surface area contributed by atoms with Crippen molar-refractivity contribution in [1.29, 1.82) is 0 Å². The van der Waals surface area contributed by atoms with Gasteiger partial charge in [-0.1, -0.05) is 11.6 Å². The van der Waals surface area contributed by atoms with Gasteiger partial charge < -0.3 is 23.5 Å². The molecule has 0 aliphatic carbocycles. The minimum Gasteiger partial charge on any atom is -0.497 e. The minimum atomic E-state index is -0.674. The van der Waals surface area contributed by atoms with E-state index in [1.807, 2.05) is 6.07 Å². The predicted molar refractivity (Wildman–Crippen MR) is 132 cm³/mol. The van der Waals surface area contributed by atoms with Crippen molar-refractivity contribution < 1.29 is 23.4 Å². The molecule has 2 aliphatic heterocycles. The summed E-state index contributed by atoms with van der Waals surface area (Å²) in [4.78, 5) is 31.4. The number of methoxy groups -OCH3 is 2. The second-order valence-electron chi connectivity index (χ2n) is 8.63. The third kappa shape index (κ3) is 4.37. The van der Waals surface area contributed by atoms with Gasteiger partial charge in [-0.15, -0.1) is 0 Å². The summed E-state index contributed by atoms with van der Waals surface area (Å²) in [6.07, 6.45) is 0.738. The first-order chi connectivity index (χ1) is 17.0. The van der Waals surface area contributed by atoms with E-state index in [-0.39, 0.29) is 17.1 Å². The molecule has 0 radical (unpaired) electrons. The fraction of sp³-hybridized carbons (Fsp3) is 0.385. The van der Waals surface area contributed by atoms with Crippen LogP contribution in [-0.4, -0.2) is 69.3 Å². The second kappa shape index (κ2) is 9.89. The lowest BCUT2D eigenvalue weighted by molar-refractivity contribution is 0.0353. The second-order valence-corrected chi connectivity index (χ2v) is 9.07. The Balaban J connectivity index is 1.60. The summed E-state index contributed by atoms with van der Waals surface area (Å²) in [5.74, 6) is 0.903. The Bertz CT molecular complexity index is 1320. The Hall–Kier alpha value is -3.07. The van der Waals surface area contributed by atoms with Gasteiger partial charge in [0.05, 0.1) is 44.4 Å². The zero-order chi connectivity index (χ0) is 24.5. The number of hydrogen-bond donors (Lipinski definition) is 0. The highest BCUT2D eigenvalue weighted by Crippen LogP contribution is 2.43. The molecule has 5 rings (SSSR count). The van der Waals surface area contributed by atoms with Gasteiger partial charge in [0.1, 0.15) is 17.1 Å². The van der Waals surface area contributed by atoms with Gasteiger partial charge in [-0.2, -0.15) is 0 Å². The molecule has 2 aliphatic rings. The van der Waals surface area contributed by atoms with E-state index in [1.54, 1.807) is 49.5 Å². The molecule has 3 aromatic rings.